The first-order valence-corrected chi connectivity index (χ1v) is 9.22. The molecule has 1 amide bonds. The molecule has 28 heavy (non-hydrogen) atoms. The summed E-state index contributed by atoms with van der Waals surface area (Å²) in [4.78, 5) is 18.0. The Balaban J connectivity index is 1.84. The molecule has 2 aromatic carbocycles. The summed E-state index contributed by atoms with van der Waals surface area (Å²) in [6.07, 6.45) is 1.93. The number of aromatic nitrogens is 3. The van der Waals surface area contributed by atoms with Gasteiger partial charge in [-0.15, -0.1) is 0 Å². The van der Waals surface area contributed by atoms with Crippen LogP contribution in [0, 0.1) is 20.8 Å². The molecule has 5 heteroatoms. The topological polar surface area (TPSA) is 59.8 Å². The van der Waals surface area contributed by atoms with Crippen molar-refractivity contribution in [2.75, 3.05) is 5.32 Å². The van der Waals surface area contributed by atoms with Crippen LogP contribution in [-0.4, -0.2) is 20.7 Å². The van der Waals surface area contributed by atoms with Crippen molar-refractivity contribution < 1.29 is 4.79 Å². The highest BCUT2D eigenvalue weighted by Gasteiger charge is 2.17. The molecule has 1 N–H and O–H groups in total. The largest absolute Gasteiger partial charge is 0.322 e. The highest BCUT2D eigenvalue weighted by atomic mass is 16.1. The number of fused-ring (bicyclic) bond motifs is 1. The van der Waals surface area contributed by atoms with Crippen LogP contribution in [0.25, 0.3) is 22.2 Å². The molecule has 2 heterocycles. The van der Waals surface area contributed by atoms with Gasteiger partial charge in [0.05, 0.1) is 22.5 Å². The Hall–Kier alpha value is -3.47. The fourth-order valence-corrected chi connectivity index (χ4v) is 3.43. The van der Waals surface area contributed by atoms with Crippen LogP contribution in [0.15, 0.2) is 54.7 Å². The lowest BCUT2D eigenvalue weighted by molar-refractivity contribution is 0.102. The molecule has 0 saturated heterocycles. The normalized spacial score (nSPS) is 11.0. The SMILES string of the molecule is Cc1cccc(NC(=O)c2cc(-c3cn(C)nc3C)nc3ccccc23)c1C. The first-order chi connectivity index (χ1) is 13.4. The van der Waals surface area contributed by atoms with Gasteiger partial charge in [0.25, 0.3) is 5.91 Å². The molecule has 4 rings (SSSR count). The smallest absolute Gasteiger partial charge is 0.256 e. The van der Waals surface area contributed by atoms with E-state index in [0.29, 0.717) is 5.56 Å². The van der Waals surface area contributed by atoms with Crippen molar-refractivity contribution in [3.8, 4) is 11.3 Å². The Bertz CT molecular complexity index is 1210. The number of para-hydroxylation sites is 1. The maximum Gasteiger partial charge on any atom is 0.256 e. The molecule has 5 nitrogen and oxygen atoms in total. The van der Waals surface area contributed by atoms with Gasteiger partial charge >= 0.3 is 0 Å². The predicted octanol–water partition coefficient (Wildman–Crippen LogP) is 4.81. The van der Waals surface area contributed by atoms with Crippen LogP contribution >= 0.6 is 0 Å². The molecular weight excluding hydrogens is 348 g/mol. The fourth-order valence-electron chi connectivity index (χ4n) is 3.43. The number of rotatable bonds is 3. The molecule has 0 bridgehead atoms. The van der Waals surface area contributed by atoms with E-state index in [1.807, 2.05) is 82.5 Å². The number of aryl methyl sites for hydroxylation is 3. The molecule has 0 spiro atoms. The standard InChI is InChI=1S/C23H22N4O/c1-14-8-7-11-20(15(14)2)25-23(28)18-12-22(19-13-27(4)26-16(19)3)24-21-10-6-5-9-17(18)21/h5-13H,1-4H3,(H,25,28). The summed E-state index contributed by atoms with van der Waals surface area (Å²) in [5.41, 5.74) is 6.97. The summed E-state index contributed by atoms with van der Waals surface area (Å²) in [5.74, 6) is -0.143. The number of nitrogens with one attached hydrogen (secondary N) is 1. The van der Waals surface area contributed by atoms with Gasteiger partial charge in [-0.3, -0.25) is 9.48 Å². The van der Waals surface area contributed by atoms with E-state index in [4.69, 9.17) is 4.98 Å². The van der Waals surface area contributed by atoms with Crippen molar-refractivity contribution in [3.63, 3.8) is 0 Å². The minimum absolute atomic E-state index is 0.143. The number of carbonyl (C=O) groups is 1. The van der Waals surface area contributed by atoms with Crippen molar-refractivity contribution in [2.24, 2.45) is 7.05 Å². The number of amides is 1. The minimum atomic E-state index is -0.143. The Labute approximate surface area is 164 Å². The van der Waals surface area contributed by atoms with E-state index in [1.165, 1.54) is 0 Å². The molecule has 2 aromatic heterocycles. The van der Waals surface area contributed by atoms with Crippen LogP contribution in [0.4, 0.5) is 5.69 Å². The zero-order chi connectivity index (χ0) is 19.8. The third kappa shape index (κ3) is 3.16. The van der Waals surface area contributed by atoms with Crippen LogP contribution in [-0.2, 0) is 7.05 Å². The van der Waals surface area contributed by atoms with Crippen molar-refractivity contribution in [3.05, 3.63) is 77.1 Å². The summed E-state index contributed by atoms with van der Waals surface area (Å²) < 4.78 is 1.76. The van der Waals surface area contributed by atoms with Gasteiger partial charge in [-0.25, -0.2) is 4.98 Å². The van der Waals surface area contributed by atoms with Crippen molar-refractivity contribution in [1.29, 1.82) is 0 Å². The second-order valence-corrected chi connectivity index (χ2v) is 7.08. The molecule has 0 radical (unpaired) electrons. The highest BCUT2D eigenvalue weighted by molar-refractivity contribution is 6.13. The van der Waals surface area contributed by atoms with Crippen molar-refractivity contribution in [2.45, 2.75) is 20.8 Å². The average Bonchev–Trinajstić information content (AvgIpc) is 3.02. The maximum absolute atomic E-state index is 13.2. The van der Waals surface area contributed by atoms with E-state index in [-0.39, 0.29) is 5.91 Å². The van der Waals surface area contributed by atoms with E-state index in [9.17, 15) is 4.79 Å². The van der Waals surface area contributed by atoms with Gasteiger partial charge in [0.15, 0.2) is 0 Å². The summed E-state index contributed by atoms with van der Waals surface area (Å²) >= 11 is 0. The first kappa shape index (κ1) is 17.9. The minimum Gasteiger partial charge on any atom is -0.322 e. The Morgan fingerprint density at radius 2 is 1.82 bits per heavy atom. The number of carbonyl (C=O) groups excluding carboxylic acids is 1. The average molecular weight is 370 g/mol. The third-order valence-corrected chi connectivity index (χ3v) is 5.10. The number of pyridine rings is 1. The van der Waals surface area contributed by atoms with Gasteiger partial charge in [-0.1, -0.05) is 30.3 Å². The van der Waals surface area contributed by atoms with Crippen LogP contribution in [0.1, 0.15) is 27.2 Å². The number of hydrogen-bond acceptors (Lipinski definition) is 3. The molecule has 0 aliphatic carbocycles. The fraction of sp³-hybridized carbons (Fsp3) is 0.174. The van der Waals surface area contributed by atoms with Gasteiger partial charge in [0, 0.05) is 29.9 Å². The lowest BCUT2D eigenvalue weighted by Crippen LogP contribution is -2.14. The maximum atomic E-state index is 13.2. The Morgan fingerprint density at radius 1 is 1.04 bits per heavy atom. The van der Waals surface area contributed by atoms with Gasteiger partial charge < -0.3 is 5.32 Å². The lowest BCUT2D eigenvalue weighted by atomic mass is 10.0. The highest BCUT2D eigenvalue weighted by Crippen LogP contribution is 2.28. The molecule has 140 valence electrons. The first-order valence-electron chi connectivity index (χ1n) is 9.22. The molecular formula is C23H22N4O. The number of nitrogens with zero attached hydrogens (tertiary/aromatic N) is 3. The number of anilines is 1. The number of hydrogen-bond donors (Lipinski definition) is 1. The van der Waals surface area contributed by atoms with Gasteiger partial charge in [0.1, 0.15) is 0 Å². The van der Waals surface area contributed by atoms with Crippen LogP contribution in [0.5, 0.6) is 0 Å². The van der Waals surface area contributed by atoms with Crippen molar-refractivity contribution in [1.82, 2.24) is 14.8 Å². The molecule has 0 atom stereocenters. The van der Waals surface area contributed by atoms with Crippen molar-refractivity contribution >= 4 is 22.5 Å². The second-order valence-electron chi connectivity index (χ2n) is 7.08. The molecule has 0 fully saturated rings. The van der Waals surface area contributed by atoms with Gasteiger partial charge in [-0.05, 0) is 50.1 Å². The summed E-state index contributed by atoms with van der Waals surface area (Å²) in [6.45, 7) is 6.00. The van der Waals surface area contributed by atoms with E-state index in [2.05, 4.69) is 10.4 Å². The molecule has 0 saturated carbocycles. The van der Waals surface area contributed by atoms with E-state index in [0.717, 1.165) is 44.7 Å². The Morgan fingerprint density at radius 3 is 2.57 bits per heavy atom. The molecule has 0 aliphatic rings. The van der Waals surface area contributed by atoms with E-state index in [1.54, 1.807) is 4.68 Å². The third-order valence-electron chi connectivity index (χ3n) is 5.10. The molecule has 4 aromatic rings. The Kier molecular flexibility index (Phi) is 4.43. The summed E-state index contributed by atoms with van der Waals surface area (Å²) in [5, 5.41) is 8.31. The number of benzene rings is 2. The second kappa shape index (κ2) is 6.93. The zero-order valence-electron chi connectivity index (χ0n) is 16.4. The molecule has 0 unspecified atom stereocenters. The zero-order valence-corrected chi connectivity index (χ0v) is 16.4. The van der Waals surface area contributed by atoms with Crippen LogP contribution < -0.4 is 5.32 Å². The van der Waals surface area contributed by atoms with Gasteiger partial charge in [0.2, 0.25) is 0 Å². The summed E-state index contributed by atoms with van der Waals surface area (Å²) in [7, 11) is 1.88. The predicted molar refractivity (Wildman–Crippen MR) is 113 cm³/mol. The van der Waals surface area contributed by atoms with Crippen LogP contribution in [0.2, 0.25) is 0 Å². The monoisotopic (exact) mass is 370 g/mol. The molecule has 0 aliphatic heterocycles. The van der Waals surface area contributed by atoms with E-state index >= 15 is 0 Å². The van der Waals surface area contributed by atoms with Crippen LogP contribution in [0.3, 0.4) is 0 Å². The quantitative estimate of drug-likeness (QED) is 0.563. The lowest BCUT2D eigenvalue weighted by Gasteiger charge is -2.13. The van der Waals surface area contributed by atoms with Gasteiger partial charge in [-0.2, -0.15) is 5.10 Å². The van der Waals surface area contributed by atoms with E-state index < -0.39 is 0 Å². The summed E-state index contributed by atoms with van der Waals surface area (Å²) in [6, 6.07) is 15.5.